The number of Topliss-reactive ketones (excluding diaryl/α,β-unsaturated/α-hetero) is 1. The number of hydrogen-bond donors (Lipinski definition) is 0. The van der Waals surface area contributed by atoms with Gasteiger partial charge in [-0.2, -0.15) is 0 Å². The van der Waals surface area contributed by atoms with E-state index in [1.54, 1.807) is 7.11 Å². The Hall–Kier alpha value is -1.76. The van der Waals surface area contributed by atoms with Gasteiger partial charge in [-0.25, -0.2) is 4.98 Å². The highest BCUT2D eigenvalue weighted by Gasteiger charge is 2.26. The molecule has 23 heavy (non-hydrogen) atoms. The molecule has 3 heterocycles. The fraction of sp³-hybridized carbons (Fsp3) is 0.412. The van der Waals surface area contributed by atoms with Crippen molar-refractivity contribution < 1.29 is 14.3 Å². The van der Waals surface area contributed by atoms with Crippen molar-refractivity contribution in [3.63, 3.8) is 0 Å². The molecular weight excluding hydrogens is 312 g/mol. The number of aromatic nitrogens is 1. The molecule has 1 aliphatic heterocycles. The fourth-order valence-corrected chi connectivity index (χ4v) is 3.38. The number of carbonyl (C=O) groups is 1. The molecule has 0 bridgehead atoms. The zero-order valence-corrected chi connectivity index (χ0v) is 13.9. The number of carbonyl (C=O) groups excluding carboxylic acids is 1. The lowest BCUT2D eigenvalue weighted by molar-refractivity contribution is -0.0131. The Kier molecular flexibility index (Phi) is 5.38. The topological polar surface area (TPSA) is 51.7 Å². The Morgan fingerprint density at radius 2 is 2.35 bits per heavy atom. The molecule has 0 spiro atoms. The van der Waals surface area contributed by atoms with Gasteiger partial charge in [-0.3, -0.25) is 9.69 Å². The molecule has 0 saturated carbocycles. The molecule has 3 rings (SSSR count). The molecule has 0 aliphatic carbocycles. The van der Waals surface area contributed by atoms with Crippen LogP contribution in [0.25, 0.3) is 0 Å². The van der Waals surface area contributed by atoms with Gasteiger partial charge in [-0.1, -0.05) is 12.1 Å². The Labute approximate surface area is 139 Å². The summed E-state index contributed by atoms with van der Waals surface area (Å²) in [5.41, 5.74) is 0.944. The Bertz CT molecular complexity index is 645. The molecular formula is C17H20N2O3S. The number of methoxy groups -OCH3 is 1. The van der Waals surface area contributed by atoms with E-state index in [4.69, 9.17) is 9.47 Å². The largest absolute Gasteiger partial charge is 0.481 e. The molecule has 0 N–H and O–H groups in total. The van der Waals surface area contributed by atoms with Gasteiger partial charge in [0, 0.05) is 31.6 Å². The van der Waals surface area contributed by atoms with Crippen LogP contribution >= 0.6 is 11.3 Å². The summed E-state index contributed by atoms with van der Waals surface area (Å²) in [4.78, 5) is 19.9. The minimum atomic E-state index is 0.0892. The first-order valence-corrected chi connectivity index (χ1v) is 8.52. The highest BCUT2D eigenvalue weighted by molar-refractivity contribution is 7.12. The van der Waals surface area contributed by atoms with E-state index < -0.39 is 0 Å². The lowest BCUT2D eigenvalue weighted by Crippen LogP contribution is -2.46. The Balaban J connectivity index is 1.67. The summed E-state index contributed by atoms with van der Waals surface area (Å²) in [7, 11) is 1.61. The molecule has 1 saturated heterocycles. The van der Waals surface area contributed by atoms with Crippen molar-refractivity contribution >= 4 is 17.1 Å². The van der Waals surface area contributed by atoms with Crippen molar-refractivity contribution in [1.29, 1.82) is 0 Å². The molecule has 0 radical (unpaired) electrons. The average Bonchev–Trinajstić information content (AvgIpc) is 3.11. The van der Waals surface area contributed by atoms with Gasteiger partial charge in [0.25, 0.3) is 0 Å². The van der Waals surface area contributed by atoms with Crippen molar-refractivity contribution in [2.75, 3.05) is 26.9 Å². The summed E-state index contributed by atoms with van der Waals surface area (Å²) >= 11 is 1.49. The summed E-state index contributed by atoms with van der Waals surface area (Å²) in [6.45, 7) is 2.78. The standard InChI is InChI=1S/C17H20N2O3S/c1-21-17-6-2-4-13(18-17)11-19-7-8-22-12-14(19)10-15(20)16-5-3-9-23-16/h2-6,9,14H,7-8,10-12H2,1H3/t14-/m1/s1. The van der Waals surface area contributed by atoms with E-state index in [0.29, 0.717) is 32.1 Å². The fourth-order valence-electron chi connectivity index (χ4n) is 2.70. The van der Waals surface area contributed by atoms with E-state index >= 15 is 0 Å². The monoisotopic (exact) mass is 332 g/mol. The smallest absolute Gasteiger partial charge is 0.213 e. The van der Waals surface area contributed by atoms with Crippen LogP contribution in [0.1, 0.15) is 21.8 Å². The molecule has 0 unspecified atom stereocenters. The predicted octanol–water partition coefficient (Wildman–Crippen LogP) is 2.63. The maximum Gasteiger partial charge on any atom is 0.213 e. The van der Waals surface area contributed by atoms with Crippen LogP contribution in [-0.2, 0) is 11.3 Å². The van der Waals surface area contributed by atoms with E-state index in [1.165, 1.54) is 11.3 Å². The minimum absolute atomic E-state index is 0.0892. The summed E-state index contributed by atoms with van der Waals surface area (Å²) in [5, 5.41) is 1.93. The van der Waals surface area contributed by atoms with Gasteiger partial charge in [0.1, 0.15) is 0 Å². The number of thiophene rings is 1. The number of hydrogen-bond acceptors (Lipinski definition) is 6. The van der Waals surface area contributed by atoms with Gasteiger partial charge in [0.05, 0.1) is 30.9 Å². The first-order chi connectivity index (χ1) is 11.3. The lowest BCUT2D eigenvalue weighted by atomic mass is 10.1. The molecule has 1 aliphatic rings. The van der Waals surface area contributed by atoms with Crippen molar-refractivity contribution in [3.05, 3.63) is 46.3 Å². The molecule has 5 nitrogen and oxygen atoms in total. The van der Waals surface area contributed by atoms with E-state index in [1.807, 2.05) is 35.7 Å². The van der Waals surface area contributed by atoms with Crippen LogP contribution in [0.2, 0.25) is 0 Å². The molecule has 2 aromatic heterocycles. The third kappa shape index (κ3) is 4.16. The van der Waals surface area contributed by atoms with Crippen LogP contribution in [0, 0.1) is 0 Å². The summed E-state index contributed by atoms with van der Waals surface area (Å²) in [6, 6.07) is 9.63. The highest BCUT2D eigenvalue weighted by Crippen LogP contribution is 2.19. The third-order valence-electron chi connectivity index (χ3n) is 3.92. The number of morpholine rings is 1. The molecule has 0 amide bonds. The highest BCUT2D eigenvalue weighted by atomic mass is 32.1. The molecule has 2 aromatic rings. The molecule has 1 fully saturated rings. The van der Waals surface area contributed by atoms with Gasteiger partial charge in [0.15, 0.2) is 5.78 Å². The molecule has 6 heteroatoms. The quantitative estimate of drug-likeness (QED) is 0.761. The van der Waals surface area contributed by atoms with Crippen LogP contribution in [0.5, 0.6) is 5.88 Å². The van der Waals surface area contributed by atoms with Crippen molar-refractivity contribution in [2.24, 2.45) is 0 Å². The van der Waals surface area contributed by atoms with Crippen LogP contribution in [0.15, 0.2) is 35.7 Å². The number of ether oxygens (including phenoxy) is 2. The molecule has 0 aromatic carbocycles. The first-order valence-electron chi connectivity index (χ1n) is 7.64. The predicted molar refractivity (Wildman–Crippen MR) is 89.1 cm³/mol. The maximum absolute atomic E-state index is 12.4. The number of ketones is 1. The van der Waals surface area contributed by atoms with Gasteiger partial charge in [-0.15, -0.1) is 11.3 Å². The van der Waals surface area contributed by atoms with Gasteiger partial charge < -0.3 is 9.47 Å². The molecule has 1 atom stereocenters. The third-order valence-corrected chi connectivity index (χ3v) is 4.83. The summed E-state index contributed by atoms with van der Waals surface area (Å²) < 4.78 is 10.8. The van der Waals surface area contributed by atoms with Crippen molar-refractivity contribution in [1.82, 2.24) is 9.88 Å². The minimum Gasteiger partial charge on any atom is -0.481 e. The van der Waals surface area contributed by atoms with Gasteiger partial charge in [0.2, 0.25) is 5.88 Å². The second kappa shape index (κ2) is 7.68. The SMILES string of the molecule is COc1cccc(CN2CCOC[C@H]2CC(=O)c2cccs2)n1. The average molecular weight is 332 g/mol. The summed E-state index contributed by atoms with van der Waals surface area (Å²) in [5.74, 6) is 0.793. The number of rotatable bonds is 6. The van der Waals surface area contributed by atoms with Crippen molar-refractivity contribution in [2.45, 2.75) is 19.0 Å². The second-order valence-corrected chi connectivity index (χ2v) is 6.42. The van der Waals surface area contributed by atoms with E-state index in [-0.39, 0.29) is 11.8 Å². The van der Waals surface area contributed by atoms with E-state index in [0.717, 1.165) is 17.1 Å². The van der Waals surface area contributed by atoms with Crippen LogP contribution < -0.4 is 4.74 Å². The lowest BCUT2D eigenvalue weighted by Gasteiger charge is -2.35. The summed E-state index contributed by atoms with van der Waals surface area (Å²) in [6.07, 6.45) is 0.477. The van der Waals surface area contributed by atoms with Crippen LogP contribution in [0.4, 0.5) is 0 Å². The van der Waals surface area contributed by atoms with Crippen LogP contribution in [-0.4, -0.2) is 48.6 Å². The van der Waals surface area contributed by atoms with Crippen LogP contribution in [0.3, 0.4) is 0 Å². The van der Waals surface area contributed by atoms with Gasteiger partial charge in [-0.05, 0) is 17.5 Å². The maximum atomic E-state index is 12.4. The normalized spacial score (nSPS) is 18.7. The Morgan fingerprint density at radius 1 is 1.43 bits per heavy atom. The van der Waals surface area contributed by atoms with E-state index in [2.05, 4.69) is 9.88 Å². The van der Waals surface area contributed by atoms with Crippen molar-refractivity contribution in [3.8, 4) is 5.88 Å². The van der Waals surface area contributed by atoms with Gasteiger partial charge >= 0.3 is 0 Å². The number of pyridine rings is 1. The zero-order chi connectivity index (χ0) is 16.1. The van der Waals surface area contributed by atoms with E-state index in [9.17, 15) is 4.79 Å². The Morgan fingerprint density at radius 3 is 3.13 bits per heavy atom. The first kappa shape index (κ1) is 16.1. The molecule has 122 valence electrons. The number of nitrogens with zero attached hydrogens (tertiary/aromatic N) is 2. The second-order valence-electron chi connectivity index (χ2n) is 5.48. The zero-order valence-electron chi connectivity index (χ0n) is 13.1.